The molecule has 0 fully saturated rings. The highest BCUT2D eigenvalue weighted by Crippen LogP contribution is 2.25. The molecule has 0 unspecified atom stereocenters. The average Bonchev–Trinajstić information content (AvgIpc) is 3.04. The highest BCUT2D eigenvalue weighted by atomic mass is 79.9. The maximum absolute atomic E-state index is 14.2. The number of fused-ring (bicyclic) bond motifs is 1. The molecule has 142 valence electrons. The second kappa shape index (κ2) is 7.82. The number of halogens is 4. The third-order valence-electron chi connectivity index (χ3n) is 4.16. The van der Waals surface area contributed by atoms with Crippen LogP contribution in [0, 0.1) is 17.5 Å². The number of aromatic nitrogens is 2. The van der Waals surface area contributed by atoms with Crippen LogP contribution in [0.1, 0.15) is 21.7 Å². The van der Waals surface area contributed by atoms with E-state index < -0.39 is 23.2 Å². The third kappa shape index (κ3) is 4.22. The van der Waals surface area contributed by atoms with Crippen molar-refractivity contribution < 1.29 is 18.0 Å². The molecule has 0 aliphatic carbocycles. The molecule has 1 aromatic heterocycles. The van der Waals surface area contributed by atoms with Crippen LogP contribution in [0.15, 0.2) is 28.7 Å². The summed E-state index contributed by atoms with van der Waals surface area (Å²) in [6.45, 7) is 0.664. The Kier molecular flexibility index (Phi) is 5.67. The van der Waals surface area contributed by atoms with E-state index >= 15 is 0 Å². The fourth-order valence-corrected chi connectivity index (χ4v) is 3.18. The zero-order chi connectivity index (χ0) is 19.7. The molecule has 3 rings (SSSR count). The van der Waals surface area contributed by atoms with Gasteiger partial charge >= 0.3 is 0 Å². The first-order valence-electron chi connectivity index (χ1n) is 8.24. The number of ketones is 1. The molecule has 8 heteroatoms. The Morgan fingerprint density at radius 1 is 1.19 bits per heavy atom. The summed E-state index contributed by atoms with van der Waals surface area (Å²) in [6.07, 6.45) is 0.423. The van der Waals surface area contributed by atoms with Gasteiger partial charge in [-0.05, 0) is 53.8 Å². The molecule has 27 heavy (non-hydrogen) atoms. The summed E-state index contributed by atoms with van der Waals surface area (Å²) in [5.74, 6) is -2.60. The number of carbonyl (C=O) groups is 1. The predicted molar refractivity (Wildman–Crippen MR) is 100 cm³/mol. The van der Waals surface area contributed by atoms with E-state index in [1.807, 2.05) is 19.0 Å². The number of H-pyrrole nitrogens is 1. The Morgan fingerprint density at radius 3 is 2.59 bits per heavy atom. The molecular weight excluding hydrogens is 423 g/mol. The zero-order valence-electron chi connectivity index (χ0n) is 14.7. The SMILES string of the molecule is CN(C)CCc1nc2c(F)c(F)cc(C(=O)Cc3ccc(F)c(Br)c3)c2[nH]1. The van der Waals surface area contributed by atoms with E-state index in [0.29, 0.717) is 24.4 Å². The lowest BCUT2D eigenvalue weighted by molar-refractivity contribution is 0.0994. The zero-order valence-corrected chi connectivity index (χ0v) is 16.3. The lowest BCUT2D eigenvalue weighted by atomic mass is 10.0. The van der Waals surface area contributed by atoms with Gasteiger partial charge in [0.05, 0.1) is 9.99 Å². The molecule has 2 aromatic carbocycles. The second-order valence-corrected chi connectivity index (χ2v) is 7.38. The molecule has 0 bridgehead atoms. The minimum Gasteiger partial charge on any atom is -0.341 e. The van der Waals surface area contributed by atoms with Crippen LogP contribution in [-0.4, -0.2) is 41.3 Å². The second-order valence-electron chi connectivity index (χ2n) is 6.53. The summed E-state index contributed by atoms with van der Waals surface area (Å²) in [7, 11) is 3.78. The van der Waals surface area contributed by atoms with Crippen molar-refractivity contribution >= 4 is 32.7 Å². The highest BCUT2D eigenvalue weighted by molar-refractivity contribution is 9.10. The molecule has 0 saturated carbocycles. The summed E-state index contributed by atoms with van der Waals surface area (Å²) < 4.78 is 41.7. The number of nitrogens with zero attached hydrogens (tertiary/aromatic N) is 2. The maximum Gasteiger partial charge on any atom is 0.186 e. The number of Topliss-reactive ketones (excluding diaryl/α,β-unsaturated/α-hetero) is 1. The highest BCUT2D eigenvalue weighted by Gasteiger charge is 2.21. The normalized spacial score (nSPS) is 11.5. The fourth-order valence-electron chi connectivity index (χ4n) is 2.75. The molecule has 0 aliphatic rings. The monoisotopic (exact) mass is 439 g/mol. The van der Waals surface area contributed by atoms with Crippen LogP contribution in [0.25, 0.3) is 11.0 Å². The van der Waals surface area contributed by atoms with Crippen molar-refractivity contribution in [1.29, 1.82) is 0 Å². The molecule has 0 saturated heterocycles. The fraction of sp³-hybridized carbons (Fsp3) is 0.263. The standard InChI is InChI=1S/C19H17BrF3N3O/c1-26(2)6-5-16-24-18-11(9-14(22)17(23)19(18)25-16)15(27)8-10-3-4-13(21)12(20)7-10/h3-4,7,9H,5-6,8H2,1-2H3,(H,24,25). The van der Waals surface area contributed by atoms with Crippen LogP contribution < -0.4 is 0 Å². The van der Waals surface area contributed by atoms with Crippen LogP contribution in [-0.2, 0) is 12.8 Å². The molecule has 3 aromatic rings. The van der Waals surface area contributed by atoms with Crippen molar-refractivity contribution in [3.63, 3.8) is 0 Å². The molecule has 0 spiro atoms. The predicted octanol–water partition coefficient (Wildman–Crippen LogP) is 4.27. The number of aromatic amines is 1. The van der Waals surface area contributed by atoms with Crippen LogP contribution in [0.5, 0.6) is 0 Å². The van der Waals surface area contributed by atoms with Crippen molar-refractivity contribution in [3.8, 4) is 0 Å². The van der Waals surface area contributed by atoms with Crippen LogP contribution in [0.4, 0.5) is 13.2 Å². The molecule has 0 atom stereocenters. The van der Waals surface area contributed by atoms with E-state index in [0.717, 1.165) is 6.07 Å². The van der Waals surface area contributed by atoms with Crippen molar-refractivity contribution in [2.45, 2.75) is 12.8 Å². The first-order chi connectivity index (χ1) is 12.8. The van der Waals surface area contributed by atoms with Gasteiger partial charge in [-0.25, -0.2) is 18.2 Å². The molecule has 0 aliphatic heterocycles. The Labute approximate surface area is 162 Å². The molecule has 4 nitrogen and oxygen atoms in total. The Bertz CT molecular complexity index is 1020. The van der Waals surface area contributed by atoms with Gasteiger partial charge in [0.15, 0.2) is 17.4 Å². The van der Waals surface area contributed by atoms with Gasteiger partial charge in [-0.3, -0.25) is 4.79 Å². The van der Waals surface area contributed by atoms with Gasteiger partial charge in [0.25, 0.3) is 0 Å². The number of carbonyl (C=O) groups excluding carboxylic acids is 1. The number of benzene rings is 2. The van der Waals surface area contributed by atoms with Gasteiger partial charge in [-0.15, -0.1) is 0 Å². The Morgan fingerprint density at radius 2 is 1.93 bits per heavy atom. The summed E-state index contributed by atoms with van der Waals surface area (Å²) >= 11 is 3.07. The van der Waals surface area contributed by atoms with Gasteiger partial charge in [0.1, 0.15) is 17.2 Å². The number of likely N-dealkylation sites (N-methyl/N-ethyl adjacent to an activating group) is 1. The van der Waals surface area contributed by atoms with Crippen LogP contribution in [0.3, 0.4) is 0 Å². The van der Waals surface area contributed by atoms with E-state index in [4.69, 9.17) is 0 Å². The minimum absolute atomic E-state index is 0.0213. The van der Waals surface area contributed by atoms with Crippen LogP contribution in [0.2, 0.25) is 0 Å². The Hall–Kier alpha value is -2.19. The van der Waals surface area contributed by atoms with Gasteiger partial charge in [0.2, 0.25) is 0 Å². The summed E-state index contributed by atoms with van der Waals surface area (Å²) in [5, 5.41) is 0. The van der Waals surface area contributed by atoms with E-state index in [1.54, 1.807) is 0 Å². The van der Waals surface area contributed by atoms with E-state index in [-0.39, 0.29) is 27.5 Å². The smallest absolute Gasteiger partial charge is 0.186 e. The van der Waals surface area contributed by atoms with Crippen molar-refractivity contribution in [2.24, 2.45) is 0 Å². The van der Waals surface area contributed by atoms with Crippen LogP contribution >= 0.6 is 15.9 Å². The lowest BCUT2D eigenvalue weighted by Gasteiger charge is -2.06. The molecule has 1 heterocycles. The minimum atomic E-state index is -1.13. The number of hydrogen-bond acceptors (Lipinski definition) is 3. The molecular formula is C19H17BrF3N3O. The topological polar surface area (TPSA) is 49.0 Å². The quantitative estimate of drug-likeness (QED) is 0.583. The van der Waals surface area contributed by atoms with E-state index in [9.17, 15) is 18.0 Å². The van der Waals surface area contributed by atoms with Gasteiger partial charge in [0, 0.05) is 24.9 Å². The van der Waals surface area contributed by atoms with Gasteiger partial charge in [-0.2, -0.15) is 0 Å². The molecule has 0 amide bonds. The van der Waals surface area contributed by atoms with Crippen molar-refractivity contribution in [2.75, 3.05) is 20.6 Å². The average molecular weight is 440 g/mol. The van der Waals surface area contributed by atoms with E-state index in [1.165, 1.54) is 18.2 Å². The number of imidazole rings is 1. The third-order valence-corrected chi connectivity index (χ3v) is 4.76. The summed E-state index contributed by atoms with van der Waals surface area (Å²) in [5.41, 5.74) is 0.563. The summed E-state index contributed by atoms with van der Waals surface area (Å²) in [4.78, 5) is 21.7. The maximum atomic E-state index is 14.2. The van der Waals surface area contributed by atoms with Gasteiger partial charge in [-0.1, -0.05) is 6.07 Å². The molecule has 1 N–H and O–H groups in total. The van der Waals surface area contributed by atoms with Crippen molar-refractivity contribution in [3.05, 3.63) is 63.1 Å². The number of nitrogens with one attached hydrogen (secondary N) is 1. The Balaban J connectivity index is 1.97. The van der Waals surface area contributed by atoms with E-state index in [2.05, 4.69) is 25.9 Å². The summed E-state index contributed by atoms with van der Waals surface area (Å²) in [6, 6.07) is 5.08. The molecule has 0 radical (unpaired) electrons. The number of hydrogen-bond donors (Lipinski definition) is 1. The first-order valence-corrected chi connectivity index (χ1v) is 9.04. The van der Waals surface area contributed by atoms with Gasteiger partial charge < -0.3 is 9.88 Å². The number of rotatable bonds is 6. The lowest BCUT2D eigenvalue weighted by Crippen LogP contribution is -2.15. The largest absolute Gasteiger partial charge is 0.341 e. The van der Waals surface area contributed by atoms with Crippen molar-refractivity contribution in [1.82, 2.24) is 14.9 Å². The first kappa shape index (κ1) is 19.6.